The molecule has 0 aromatic heterocycles. The summed E-state index contributed by atoms with van der Waals surface area (Å²) in [7, 11) is 4.18. The molecule has 0 fully saturated rings. The summed E-state index contributed by atoms with van der Waals surface area (Å²) >= 11 is 0. The molecular formula is C33H52NO2P. The molecule has 0 saturated heterocycles. The molecule has 0 aliphatic rings. The lowest BCUT2D eigenvalue weighted by molar-refractivity contribution is 0.0485. The Kier molecular flexibility index (Phi) is 11.4. The Morgan fingerprint density at radius 1 is 0.919 bits per heavy atom. The van der Waals surface area contributed by atoms with Crippen molar-refractivity contribution in [3.05, 3.63) is 58.1 Å². The third-order valence-electron chi connectivity index (χ3n) is 7.26. The first-order chi connectivity index (χ1) is 17.3. The molecule has 2 rings (SSSR count). The Labute approximate surface area is 229 Å². The van der Waals surface area contributed by atoms with Gasteiger partial charge in [-0.15, -0.1) is 0 Å². The molecule has 2 unspecified atom stereocenters. The predicted molar refractivity (Wildman–Crippen MR) is 165 cm³/mol. The van der Waals surface area contributed by atoms with Gasteiger partial charge in [0, 0.05) is 36.7 Å². The van der Waals surface area contributed by atoms with Crippen LogP contribution in [-0.4, -0.2) is 27.2 Å². The molecule has 0 aliphatic carbocycles. The van der Waals surface area contributed by atoms with Crippen LogP contribution in [0.4, 0.5) is 0 Å². The van der Waals surface area contributed by atoms with E-state index < -0.39 is 0 Å². The number of benzene rings is 2. The van der Waals surface area contributed by atoms with Gasteiger partial charge < -0.3 is 9.47 Å². The third kappa shape index (κ3) is 8.14. The predicted octanol–water partition coefficient (Wildman–Crippen LogP) is 8.81. The molecule has 3 nitrogen and oxygen atoms in total. The number of aryl methyl sites for hydroxylation is 1. The molecule has 0 heterocycles. The lowest BCUT2D eigenvalue weighted by Crippen LogP contribution is -2.28. The van der Waals surface area contributed by atoms with Crippen LogP contribution < -0.4 is 10.0 Å². The van der Waals surface area contributed by atoms with E-state index in [4.69, 9.17) is 9.47 Å². The molecule has 0 bridgehead atoms. The normalized spacial score (nSPS) is 14.6. The highest BCUT2D eigenvalue weighted by atomic mass is 31.1. The van der Waals surface area contributed by atoms with Crippen molar-refractivity contribution >= 4 is 20.1 Å². The Morgan fingerprint density at radius 2 is 1.59 bits per heavy atom. The smallest absolute Gasteiger partial charge is 0.188 e. The van der Waals surface area contributed by atoms with Crippen LogP contribution in [0.5, 0.6) is 5.75 Å². The van der Waals surface area contributed by atoms with Crippen molar-refractivity contribution < 1.29 is 9.47 Å². The highest BCUT2D eigenvalue weighted by molar-refractivity contribution is 7.48. The van der Waals surface area contributed by atoms with Gasteiger partial charge in [-0.3, -0.25) is 4.99 Å². The number of methoxy groups -OCH3 is 1. The van der Waals surface area contributed by atoms with E-state index in [0.29, 0.717) is 8.58 Å². The molecule has 2 aromatic rings. The molecule has 206 valence electrons. The van der Waals surface area contributed by atoms with E-state index in [-0.39, 0.29) is 22.8 Å². The minimum absolute atomic E-state index is 0.0322. The average molecular weight is 526 g/mol. The number of nitrogens with zero attached hydrogens (tertiary/aromatic N) is 1. The van der Waals surface area contributed by atoms with E-state index >= 15 is 0 Å². The van der Waals surface area contributed by atoms with E-state index in [1.54, 1.807) is 7.11 Å². The minimum atomic E-state index is -0.0605. The van der Waals surface area contributed by atoms with Gasteiger partial charge in [0.15, 0.2) is 6.79 Å². The van der Waals surface area contributed by atoms with Gasteiger partial charge >= 0.3 is 0 Å². The Bertz CT molecular complexity index is 1050. The molecule has 37 heavy (non-hydrogen) atoms. The second-order valence-electron chi connectivity index (χ2n) is 12.4. The number of aliphatic imine (C=N–C) groups is 1. The Balaban J connectivity index is 2.93. The zero-order chi connectivity index (χ0) is 27.9. The first kappa shape index (κ1) is 31.5. The van der Waals surface area contributed by atoms with Crippen LogP contribution in [0, 0.1) is 6.92 Å². The fraction of sp³-hybridized carbons (Fsp3) is 0.606. The SMILES string of the molecule is CCCCCC(CC)(Pc1ccc(C)cc1/C=N/C)c1cc(C(C)(C)C)cc(C(C)(C)C)c1OCOC. The van der Waals surface area contributed by atoms with Crippen molar-refractivity contribution in [2.75, 3.05) is 21.0 Å². The summed E-state index contributed by atoms with van der Waals surface area (Å²) in [6, 6.07) is 11.7. The van der Waals surface area contributed by atoms with Crippen LogP contribution in [0.3, 0.4) is 0 Å². The first-order valence-corrected chi connectivity index (χ1v) is 14.9. The van der Waals surface area contributed by atoms with E-state index in [0.717, 1.165) is 18.6 Å². The third-order valence-corrected chi connectivity index (χ3v) is 9.34. The number of hydrogen-bond acceptors (Lipinski definition) is 3. The van der Waals surface area contributed by atoms with Gasteiger partial charge in [0.05, 0.1) is 0 Å². The standard InChI is InChI=1S/C33H52NO2P/c1-12-14-15-18-33(13-2,37-29-17-16-24(3)19-25(29)22-34-10)28-21-26(31(4,5)6)20-27(32(7,8)9)30(28)36-23-35-11/h16-17,19-22,37H,12-15,18,23H2,1-11H3/b34-22+. The van der Waals surface area contributed by atoms with Crippen LogP contribution in [0.25, 0.3) is 0 Å². The fourth-order valence-electron chi connectivity index (χ4n) is 4.94. The van der Waals surface area contributed by atoms with Crippen molar-refractivity contribution in [1.29, 1.82) is 0 Å². The maximum atomic E-state index is 6.52. The Hall–Kier alpha value is -1.70. The molecular weight excluding hydrogens is 473 g/mol. The second-order valence-corrected chi connectivity index (χ2v) is 14.2. The summed E-state index contributed by atoms with van der Waals surface area (Å²) in [5.74, 6) is 1.02. The van der Waals surface area contributed by atoms with Crippen molar-refractivity contribution in [3.63, 3.8) is 0 Å². The van der Waals surface area contributed by atoms with Crippen LogP contribution in [0.15, 0.2) is 35.3 Å². The number of unbranched alkanes of at least 4 members (excludes halogenated alkanes) is 2. The molecule has 0 N–H and O–H groups in total. The minimum Gasteiger partial charge on any atom is -0.467 e. The van der Waals surface area contributed by atoms with Crippen molar-refractivity contribution in [1.82, 2.24) is 0 Å². The zero-order valence-electron chi connectivity index (χ0n) is 25.5. The van der Waals surface area contributed by atoms with Crippen LogP contribution >= 0.6 is 8.58 Å². The molecule has 2 atom stereocenters. The molecule has 0 radical (unpaired) electrons. The summed E-state index contributed by atoms with van der Waals surface area (Å²) in [6.45, 7) is 20.9. The highest BCUT2D eigenvalue weighted by Crippen LogP contribution is 2.54. The van der Waals surface area contributed by atoms with Crippen LogP contribution in [-0.2, 0) is 20.7 Å². The summed E-state index contributed by atoms with van der Waals surface area (Å²) in [5, 5.41) is 1.34. The zero-order valence-corrected chi connectivity index (χ0v) is 26.5. The maximum absolute atomic E-state index is 6.52. The van der Waals surface area contributed by atoms with Gasteiger partial charge in [-0.25, -0.2) is 0 Å². The van der Waals surface area contributed by atoms with Crippen molar-refractivity contribution in [3.8, 4) is 5.75 Å². The molecule has 0 amide bonds. The van der Waals surface area contributed by atoms with Crippen molar-refractivity contribution in [2.24, 2.45) is 4.99 Å². The van der Waals surface area contributed by atoms with Gasteiger partial charge in [-0.1, -0.05) is 113 Å². The van der Waals surface area contributed by atoms with E-state index in [2.05, 4.69) is 97.6 Å². The van der Waals surface area contributed by atoms with Gasteiger partial charge in [-0.05, 0) is 53.1 Å². The average Bonchev–Trinajstić information content (AvgIpc) is 2.82. The fourth-order valence-corrected chi connectivity index (χ4v) is 6.71. The quantitative estimate of drug-likeness (QED) is 0.120. The topological polar surface area (TPSA) is 30.8 Å². The van der Waals surface area contributed by atoms with E-state index in [1.807, 2.05) is 13.3 Å². The van der Waals surface area contributed by atoms with Crippen LogP contribution in [0.2, 0.25) is 0 Å². The van der Waals surface area contributed by atoms with Crippen LogP contribution in [0.1, 0.15) is 115 Å². The lowest BCUT2D eigenvalue weighted by Gasteiger charge is -2.39. The van der Waals surface area contributed by atoms with E-state index in [9.17, 15) is 0 Å². The number of ether oxygens (including phenoxy) is 2. The summed E-state index contributed by atoms with van der Waals surface area (Å²) in [6.07, 6.45) is 7.86. The van der Waals surface area contributed by atoms with Gasteiger partial charge in [0.2, 0.25) is 0 Å². The summed E-state index contributed by atoms with van der Waals surface area (Å²) < 4.78 is 12.0. The number of rotatable bonds is 12. The maximum Gasteiger partial charge on any atom is 0.188 e. The van der Waals surface area contributed by atoms with Gasteiger partial charge in [0.1, 0.15) is 5.75 Å². The Morgan fingerprint density at radius 3 is 2.14 bits per heavy atom. The highest BCUT2D eigenvalue weighted by Gasteiger charge is 2.38. The molecule has 0 spiro atoms. The molecule has 2 aromatic carbocycles. The summed E-state index contributed by atoms with van der Waals surface area (Å²) in [4.78, 5) is 4.40. The van der Waals surface area contributed by atoms with Crippen molar-refractivity contribution in [2.45, 2.75) is 110 Å². The molecule has 4 heteroatoms. The summed E-state index contributed by atoms with van der Waals surface area (Å²) in [5.41, 5.74) is 6.46. The first-order valence-electron chi connectivity index (χ1n) is 13.9. The lowest BCUT2D eigenvalue weighted by atomic mass is 9.76. The second kappa shape index (κ2) is 13.4. The molecule has 0 saturated carbocycles. The van der Waals surface area contributed by atoms with E-state index in [1.165, 1.54) is 52.4 Å². The van der Waals surface area contributed by atoms with Gasteiger partial charge in [0.25, 0.3) is 0 Å². The molecule has 0 aliphatic heterocycles. The largest absolute Gasteiger partial charge is 0.467 e. The monoisotopic (exact) mass is 525 g/mol. The number of hydrogen-bond donors (Lipinski definition) is 0. The van der Waals surface area contributed by atoms with Gasteiger partial charge in [-0.2, -0.15) is 0 Å².